The molecule has 0 nitrogen and oxygen atoms in total. The van der Waals surface area contributed by atoms with E-state index in [4.69, 9.17) is 0 Å². The highest BCUT2D eigenvalue weighted by atomic mass is 32.2. The standard InChI is InChI=1S/C7H16S2/c1-5-8-7(4)9-6(2)3/h6-7H,5H2,1-4H3. The van der Waals surface area contributed by atoms with E-state index in [-0.39, 0.29) is 0 Å². The van der Waals surface area contributed by atoms with E-state index < -0.39 is 0 Å². The van der Waals surface area contributed by atoms with Crippen molar-refractivity contribution >= 4 is 23.5 Å². The zero-order valence-electron chi connectivity index (χ0n) is 6.68. The minimum atomic E-state index is 0.773. The third-order valence-electron chi connectivity index (χ3n) is 0.865. The van der Waals surface area contributed by atoms with Gasteiger partial charge in [0.05, 0.1) is 0 Å². The largest absolute Gasteiger partial charge is 0.148 e. The first-order valence-corrected chi connectivity index (χ1v) is 5.43. The molecule has 0 aromatic heterocycles. The Morgan fingerprint density at radius 3 is 2.11 bits per heavy atom. The van der Waals surface area contributed by atoms with Gasteiger partial charge in [-0.2, -0.15) is 0 Å². The van der Waals surface area contributed by atoms with Gasteiger partial charge in [0.15, 0.2) is 0 Å². The second kappa shape index (κ2) is 5.48. The highest BCUT2D eigenvalue weighted by Crippen LogP contribution is 2.25. The van der Waals surface area contributed by atoms with Crippen LogP contribution < -0.4 is 0 Å². The molecular formula is C7H16S2. The fourth-order valence-corrected chi connectivity index (χ4v) is 3.28. The van der Waals surface area contributed by atoms with Crippen LogP contribution in [-0.4, -0.2) is 15.6 Å². The van der Waals surface area contributed by atoms with E-state index in [1.54, 1.807) is 0 Å². The maximum absolute atomic E-state index is 2.28. The van der Waals surface area contributed by atoms with Gasteiger partial charge in [0.1, 0.15) is 0 Å². The van der Waals surface area contributed by atoms with Crippen LogP contribution in [0.3, 0.4) is 0 Å². The van der Waals surface area contributed by atoms with Gasteiger partial charge < -0.3 is 0 Å². The summed E-state index contributed by atoms with van der Waals surface area (Å²) in [5, 5.41) is 0.777. The molecule has 0 aromatic rings. The monoisotopic (exact) mass is 164 g/mol. The average molecular weight is 164 g/mol. The lowest BCUT2D eigenvalue weighted by molar-refractivity contribution is 1.11. The van der Waals surface area contributed by atoms with E-state index in [2.05, 4.69) is 27.7 Å². The Labute approximate surface area is 67.2 Å². The predicted octanol–water partition coefficient (Wildman–Crippen LogP) is 3.23. The Hall–Kier alpha value is 0.700. The molecule has 0 rings (SSSR count). The van der Waals surface area contributed by atoms with Crippen molar-refractivity contribution < 1.29 is 0 Å². The van der Waals surface area contributed by atoms with E-state index >= 15 is 0 Å². The first kappa shape index (κ1) is 9.70. The summed E-state index contributed by atoms with van der Waals surface area (Å²) < 4.78 is 0.773. The fraction of sp³-hybridized carbons (Fsp3) is 1.00. The summed E-state index contributed by atoms with van der Waals surface area (Å²) in [4.78, 5) is 0. The molecule has 0 fully saturated rings. The first-order valence-electron chi connectivity index (χ1n) is 3.43. The zero-order valence-corrected chi connectivity index (χ0v) is 8.31. The molecule has 0 aromatic carbocycles. The normalized spacial score (nSPS) is 14.3. The van der Waals surface area contributed by atoms with Crippen LogP contribution >= 0.6 is 23.5 Å². The van der Waals surface area contributed by atoms with Gasteiger partial charge in [-0.1, -0.05) is 20.8 Å². The second-order valence-corrected chi connectivity index (χ2v) is 6.05. The Kier molecular flexibility index (Phi) is 5.91. The SMILES string of the molecule is CCSC(C)SC(C)C. The van der Waals surface area contributed by atoms with Gasteiger partial charge >= 0.3 is 0 Å². The molecule has 0 heterocycles. The van der Waals surface area contributed by atoms with E-state index in [0.717, 1.165) is 9.83 Å². The third kappa shape index (κ3) is 6.59. The van der Waals surface area contributed by atoms with Crippen molar-refractivity contribution in [2.45, 2.75) is 37.5 Å². The van der Waals surface area contributed by atoms with Crippen molar-refractivity contribution in [3.05, 3.63) is 0 Å². The Morgan fingerprint density at radius 1 is 1.22 bits per heavy atom. The van der Waals surface area contributed by atoms with Crippen molar-refractivity contribution in [3.8, 4) is 0 Å². The van der Waals surface area contributed by atoms with Gasteiger partial charge in [0, 0.05) is 9.83 Å². The third-order valence-corrected chi connectivity index (χ3v) is 3.34. The van der Waals surface area contributed by atoms with Crippen molar-refractivity contribution in [2.75, 3.05) is 5.75 Å². The molecule has 56 valence electrons. The van der Waals surface area contributed by atoms with Gasteiger partial charge in [-0.3, -0.25) is 0 Å². The predicted molar refractivity (Wildman–Crippen MR) is 50.3 cm³/mol. The van der Waals surface area contributed by atoms with Crippen LogP contribution in [0.2, 0.25) is 0 Å². The van der Waals surface area contributed by atoms with Gasteiger partial charge in [0.2, 0.25) is 0 Å². The maximum atomic E-state index is 2.28. The molecule has 0 spiro atoms. The summed E-state index contributed by atoms with van der Waals surface area (Å²) >= 11 is 4.06. The van der Waals surface area contributed by atoms with Crippen molar-refractivity contribution in [1.29, 1.82) is 0 Å². The molecule has 0 amide bonds. The molecule has 0 N–H and O–H groups in total. The molecular weight excluding hydrogens is 148 g/mol. The smallest absolute Gasteiger partial charge is 0.0476 e. The fourth-order valence-electron chi connectivity index (χ4n) is 0.657. The van der Waals surface area contributed by atoms with E-state index in [9.17, 15) is 0 Å². The van der Waals surface area contributed by atoms with Crippen LogP contribution in [0.1, 0.15) is 27.7 Å². The lowest BCUT2D eigenvalue weighted by Crippen LogP contribution is -1.96. The van der Waals surface area contributed by atoms with Crippen LogP contribution in [-0.2, 0) is 0 Å². The Morgan fingerprint density at radius 2 is 1.78 bits per heavy atom. The summed E-state index contributed by atoms with van der Waals surface area (Å²) in [5.74, 6) is 1.24. The first-order chi connectivity index (χ1) is 4.16. The summed E-state index contributed by atoms with van der Waals surface area (Å²) in [5.41, 5.74) is 0. The number of thioether (sulfide) groups is 2. The van der Waals surface area contributed by atoms with Gasteiger partial charge in [-0.25, -0.2) is 0 Å². The molecule has 0 radical (unpaired) electrons. The summed E-state index contributed by atoms with van der Waals surface area (Å²) in [6, 6.07) is 0. The quantitative estimate of drug-likeness (QED) is 0.585. The van der Waals surface area contributed by atoms with Crippen molar-refractivity contribution in [3.63, 3.8) is 0 Å². The van der Waals surface area contributed by atoms with Crippen LogP contribution in [0.15, 0.2) is 0 Å². The van der Waals surface area contributed by atoms with Gasteiger partial charge in [-0.15, -0.1) is 23.5 Å². The summed E-state index contributed by atoms with van der Waals surface area (Å²) in [6.45, 7) is 8.98. The molecule has 0 aliphatic carbocycles. The van der Waals surface area contributed by atoms with E-state index in [1.807, 2.05) is 23.5 Å². The summed E-state index contributed by atoms with van der Waals surface area (Å²) in [7, 11) is 0. The van der Waals surface area contributed by atoms with Crippen molar-refractivity contribution in [1.82, 2.24) is 0 Å². The molecule has 1 atom stereocenters. The lowest BCUT2D eigenvalue weighted by atomic mass is 10.6. The lowest BCUT2D eigenvalue weighted by Gasteiger charge is -2.11. The topological polar surface area (TPSA) is 0 Å². The van der Waals surface area contributed by atoms with Crippen LogP contribution in [0, 0.1) is 0 Å². The average Bonchev–Trinajstić information content (AvgIpc) is 1.63. The van der Waals surface area contributed by atoms with E-state index in [0.29, 0.717) is 0 Å². The Bertz CT molecular complexity index is 61.9. The molecule has 0 saturated carbocycles. The van der Waals surface area contributed by atoms with Crippen LogP contribution in [0.4, 0.5) is 0 Å². The highest BCUT2D eigenvalue weighted by molar-refractivity contribution is 8.17. The molecule has 1 unspecified atom stereocenters. The number of hydrogen-bond donors (Lipinski definition) is 0. The summed E-state index contributed by atoms with van der Waals surface area (Å²) in [6.07, 6.45) is 0. The molecule has 0 aliphatic rings. The molecule has 2 heteroatoms. The zero-order chi connectivity index (χ0) is 7.28. The number of rotatable bonds is 4. The van der Waals surface area contributed by atoms with E-state index in [1.165, 1.54) is 5.75 Å². The highest BCUT2D eigenvalue weighted by Gasteiger charge is 2.02. The maximum Gasteiger partial charge on any atom is 0.0476 e. The van der Waals surface area contributed by atoms with Gasteiger partial charge in [-0.05, 0) is 12.7 Å². The molecule has 9 heavy (non-hydrogen) atoms. The number of hydrogen-bond acceptors (Lipinski definition) is 2. The van der Waals surface area contributed by atoms with Gasteiger partial charge in [0.25, 0.3) is 0 Å². The molecule has 0 aliphatic heterocycles. The Balaban J connectivity index is 3.15. The van der Waals surface area contributed by atoms with Crippen LogP contribution in [0.5, 0.6) is 0 Å². The van der Waals surface area contributed by atoms with Crippen LogP contribution in [0.25, 0.3) is 0 Å². The van der Waals surface area contributed by atoms with Crippen molar-refractivity contribution in [2.24, 2.45) is 0 Å². The minimum Gasteiger partial charge on any atom is -0.148 e. The molecule has 0 saturated heterocycles. The molecule has 0 bridgehead atoms. The second-order valence-electron chi connectivity index (χ2n) is 2.21. The minimum absolute atomic E-state index is 0.773.